The lowest BCUT2D eigenvalue weighted by Crippen LogP contribution is -2.34. The highest BCUT2D eigenvalue weighted by molar-refractivity contribution is 6.30. The Morgan fingerprint density at radius 3 is 2.79 bits per heavy atom. The molecule has 0 radical (unpaired) electrons. The van der Waals surface area contributed by atoms with Gasteiger partial charge >= 0.3 is 0 Å². The smallest absolute Gasteiger partial charge is 0.225 e. The van der Waals surface area contributed by atoms with Gasteiger partial charge in [0, 0.05) is 30.6 Å². The second-order valence-electron chi connectivity index (χ2n) is 5.99. The number of amides is 1. The predicted molar refractivity (Wildman–Crippen MR) is 95.4 cm³/mol. The zero-order chi connectivity index (χ0) is 16.9. The van der Waals surface area contributed by atoms with E-state index in [4.69, 9.17) is 16.3 Å². The van der Waals surface area contributed by atoms with Crippen LogP contribution in [0.3, 0.4) is 0 Å². The molecule has 2 aromatic carbocycles. The van der Waals surface area contributed by atoms with Crippen molar-refractivity contribution in [2.75, 3.05) is 20.2 Å². The largest absolute Gasteiger partial charge is 0.497 e. The lowest BCUT2D eigenvalue weighted by molar-refractivity contribution is -0.125. The molecule has 1 heterocycles. The number of halogens is 1. The van der Waals surface area contributed by atoms with Crippen LogP contribution in [0.25, 0.3) is 0 Å². The van der Waals surface area contributed by atoms with Crippen molar-refractivity contribution >= 4 is 17.5 Å². The molecule has 126 valence electrons. The summed E-state index contributed by atoms with van der Waals surface area (Å²) in [5, 5.41) is 7.07. The monoisotopic (exact) mass is 344 g/mol. The second kappa shape index (κ2) is 7.69. The molecule has 1 fully saturated rings. The number of carbonyl (C=O) groups is 1. The van der Waals surface area contributed by atoms with E-state index in [0.717, 1.165) is 23.4 Å². The molecule has 1 saturated heterocycles. The van der Waals surface area contributed by atoms with Crippen molar-refractivity contribution in [3.8, 4) is 5.75 Å². The number of methoxy groups -OCH3 is 1. The lowest BCUT2D eigenvalue weighted by atomic mass is 9.88. The number of nitrogens with one attached hydrogen (secondary N) is 2. The van der Waals surface area contributed by atoms with E-state index in [-0.39, 0.29) is 17.7 Å². The number of rotatable bonds is 5. The molecule has 0 aromatic heterocycles. The number of hydrogen-bond donors (Lipinski definition) is 2. The molecular weight excluding hydrogens is 324 g/mol. The third-order valence-electron chi connectivity index (χ3n) is 4.45. The van der Waals surface area contributed by atoms with Gasteiger partial charge in [-0.2, -0.15) is 0 Å². The lowest BCUT2D eigenvalue weighted by Gasteiger charge is -2.19. The van der Waals surface area contributed by atoms with Crippen molar-refractivity contribution in [2.24, 2.45) is 5.92 Å². The molecular formula is C19H21ClN2O2. The third kappa shape index (κ3) is 3.89. The van der Waals surface area contributed by atoms with Crippen LogP contribution in [0.5, 0.6) is 5.75 Å². The zero-order valence-corrected chi connectivity index (χ0v) is 14.3. The third-order valence-corrected chi connectivity index (χ3v) is 4.70. The van der Waals surface area contributed by atoms with Crippen LogP contribution in [-0.4, -0.2) is 26.1 Å². The highest BCUT2D eigenvalue weighted by Crippen LogP contribution is 2.29. The summed E-state index contributed by atoms with van der Waals surface area (Å²) in [7, 11) is 1.64. The fourth-order valence-electron chi connectivity index (χ4n) is 3.12. The van der Waals surface area contributed by atoms with Crippen LogP contribution in [0.4, 0.5) is 0 Å². The Hall–Kier alpha value is -2.04. The molecule has 2 aromatic rings. The normalized spacial score (nSPS) is 19.9. The van der Waals surface area contributed by atoms with Crippen LogP contribution >= 0.6 is 11.6 Å². The Balaban J connectivity index is 1.64. The number of benzene rings is 2. The van der Waals surface area contributed by atoms with Gasteiger partial charge in [0.1, 0.15) is 5.75 Å². The molecule has 0 bridgehead atoms. The Kier molecular flexibility index (Phi) is 5.38. The van der Waals surface area contributed by atoms with Crippen molar-refractivity contribution in [2.45, 2.75) is 12.5 Å². The SMILES string of the molecule is COc1cccc(CNC(=O)[C@H]2CNC[C@@H]2c2ccc(Cl)cc2)c1. The summed E-state index contributed by atoms with van der Waals surface area (Å²) >= 11 is 5.95. The molecule has 1 aliphatic rings. The fourth-order valence-corrected chi connectivity index (χ4v) is 3.24. The van der Waals surface area contributed by atoms with E-state index in [2.05, 4.69) is 10.6 Å². The Bertz CT molecular complexity index is 703. The van der Waals surface area contributed by atoms with Crippen LogP contribution in [0, 0.1) is 5.92 Å². The highest BCUT2D eigenvalue weighted by Gasteiger charge is 2.33. The van der Waals surface area contributed by atoms with Crippen molar-refractivity contribution in [3.63, 3.8) is 0 Å². The minimum Gasteiger partial charge on any atom is -0.497 e. The van der Waals surface area contributed by atoms with Gasteiger partial charge in [0.05, 0.1) is 13.0 Å². The van der Waals surface area contributed by atoms with E-state index < -0.39 is 0 Å². The van der Waals surface area contributed by atoms with Crippen LogP contribution in [0.2, 0.25) is 5.02 Å². The molecule has 24 heavy (non-hydrogen) atoms. The van der Waals surface area contributed by atoms with Crippen molar-refractivity contribution in [3.05, 3.63) is 64.7 Å². The first-order valence-electron chi connectivity index (χ1n) is 8.04. The van der Waals surface area contributed by atoms with Gasteiger partial charge in [-0.15, -0.1) is 0 Å². The molecule has 2 N–H and O–H groups in total. The Morgan fingerprint density at radius 1 is 1.25 bits per heavy atom. The quantitative estimate of drug-likeness (QED) is 0.876. The minimum absolute atomic E-state index is 0.0720. The number of ether oxygens (including phenoxy) is 1. The summed E-state index contributed by atoms with van der Waals surface area (Å²) in [6.07, 6.45) is 0. The van der Waals surface area contributed by atoms with Gasteiger partial charge in [0.15, 0.2) is 0 Å². The molecule has 0 aliphatic carbocycles. The summed E-state index contributed by atoms with van der Waals surface area (Å²) in [5.41, 5.74) is 2.17. The first-order valence-corrected chi connectivity index (χ1v) is 8.42. The first kappa shape index (κ1) is 16.8. The summed E-state index contributed by atoms with van der Waals surface area (Å²) in [6, 6.07) is 15.5. The maximum absolute atomic E-state index is 12.6. The van der Waals surface area contributed by atoms with E-state index >= 15 is 0 Å². The summed E-state index contributed by atoms with van der Waals surface area (Å²) < 4.78 is 5.21. The van der Waals surface area contributed by atoms with Gasteiger partial charge in [0.25, 0.3) is 0 Å². The van der Waals surface area contributed by atoms with Gasteiger partial charge in [-0.05, 0) is 35.4 Å². The van der Waals surface area contributed by atoms with E-state index in [1.54, 1.807) is 7.11 Å². The molecule has 0 unspecified atom stereocenters. The fraction of sp³-hybridized carbons (Fsp3) is 0.316. The Morgan fingerprint density at radius 2 is 2.04 bits per heavy atom. The summed E-state index contributed by atoms with van der Waals surface area (Å²) in [4.78, 5) is 12.6. The molecule has 5 heteroatoms. The summed E-state index contributed by atoms with van der Waals surface area (Å²) in [5.74, 6) is 0.968. The van der Waals surface area contributed by atoms with Crippen LogP contribution in [0.1, 0.15) is 17.0 Å². The second-order valence-corrected chi connectivity index (χ2v) is 6.43. The van der Waals surface area contributed by atoms with Gasteiger partial charge in [0.2, 0.25) is 5.91 Å². The van der Waals surface area contributed by atoms with Crippen molar-refractivity contribution < 1.29 is 9.53 Å². The maximum Gasteiger partial charge on any atom is 0.225 e. The maximum atomic E-state index is 12.6. The van der Waals surface area contributed by atoms with E-state index in [1.807, 2.05) is 48.5 Å². The average molecular weight is 345 g/mol. The van der Waals surface area contributed by atoms with Gasteiger partial charge < -0.3 is 15.4 Å². The van der Waals surface area contributed by atoms with Crippen LogP contribution < -0.4 is 15.4 Å². The molecule has 4 nitrogen and oxygen atoms in total. The molecule has 3 rings (SSSR count). The van der Waals surface area contributed by atoms with E-state index in [9.17, 15) is 4.79 Å². The first-order chi connectivity index (χ1) is 11.7. The van der Waals surface area contributed by atoms with Crippen LogP contribution in [-0.2, 0) is 11.3 Å². The predicted octanol–water partition coefficient (Wildman–Crippen LogP) is 2.97. The number of carbonyl (C=O) groups excluding carboxylic acids is 1. The van der Waals surface area contributed by atoms with Crippen molar-refractivity contribution in [1.29, 1.82) is 0 Å². The standard InChI is InChI=1S/C19H21ClN2O2/c1-24-16-4-2-3-13(9-16)10-22-19(23)18-12-21-11-17(18)14-5-7-15(20)8-6-14/h2-9,17-18,21H,10-12H2,1H3,(H,22,23)/t17-,18+/m1/s1. The molecule has 2 atom stereocenters. The topological polar surface area (TPSA) is 50.4 Å². The van der Waals surface area contributed by atoms with Gasteiger partial charge in [-0.25, -0.2) is 0 Å². The molecule has 0 spiro atoms. The zero-order valence-electron chi connectivity index (χ0n) is 13.6. The minimum atomic E-state index is -0.0724. The number of hydrogen-bond acceptors (Lipinski definition) is 3. The molecule has 1 aliphatic heterocycles. The van der Waals surface area contributed by atoms with Gasteiger partial charge in [-0.3, -0.25) is 4.79 Å². The van der Waals surface area contributed by atoms with Gasteiger partial charge in [-0.1, -0.05) is 35.9 Å². The van der Waals surface area contributed by atoms with Crippen molar-refractivity contribution in [1.82, 2.24) is 10.6 Å². The molecule has 1 amide bonds. The Labute approximate surface area is 147 Å². The summed E-state index contributed by atoms with van der Waals surface area (Å²) in [6.45, 7) is 2.00. The van der Waals surface area contributed by atoms with E-state index in [1.165, 1.54) is 0 Å². The highest BCUT2D eigenvalue weighted by atomic mass is 35.5. The molecule has 0 saturated carbocycles. The average Bonchev–Trinajstić information content (AvgIpc) is 3.10. The van der Waals surface area contributed by atoms with Crippen LogP contribution in [0.15, 0.2) is 48.5 Å². The van der Waals surface area contributed by atoms with E-state index in [0.29, 0.717) is 18.1 Å².